The number of nitrogens with one attached hydrogen (secondary N) is 1. The van der Waals surface area contributed by atoms with Crippen LogP contribution < -0.4 is 5.32 Å². The standard InChI is InChI=1S/C15H21NOS/c1-11(2)16-15(17)7-8-18-14-9-12-5-3-4-6-13(12)10-14/h3-6,11,14H,7-10H2,1-2H3,(H,16,17). The molecule has 0 heterocycles. The zero-order chi connectivity index (χ0) is 13.0. The van der Waals surface area contributed by atoms with Crippen molar-refractivity contribution in [2.24, 2.45) is 0 Å². The van der Waals surface area contributed by atoms with Gasteiger partial charge in [-0.05, 0) is 37.8 Å². The monoisotopic (exact) mass is 263 g/mol. The molecule has 18 heavy (non-hydrogen) atoms. The molecule has 1 aromatic carbocycles. The van der Waals surface area contributed by atoms with Crippen molar-refractivity contribution in [3.8, 4) is 0 Å². The van der Waals surface area contributed by atoms with E-state index in [4.69, 9.17) is 0 Å². The van der Waals surface area contributed by atoms with Crippen molar-refractivity contribution >= 4 is 17.7 Å². The Morgan fingerprint density at radius 3 is 2.50 bits per heavy atom. The van der Waals surface area contributed by atoms with E-state index >= 15 is 0 Å². The highest BCUT2D eigenvalue weighted by molar-refractivity contribution is 7.99. The number of thioether (sulfide) groups is 1. The topological polar surface area (TPSA) is 29.1 Å². The molecule has 0 saturated heterocycles. The van der Waals surface area contributed by atoms with Crippen LogP contribution in [0.2, 0.25) is 0 Å². The molecule has 0 saturated carbocycles. The molecule has 0 aromatic heterocycles. The van der Waals surface area contributed by atoms with E-state index in [-0.39, 0.29) is 11.9 Å². The van der Waals surface area contributed by atoms with E-state index in [1.807, 2.05) is 25.6 Å². The second-order valence-corrected chi connectivity index (χ2v) is 6.55. The Morgan fingerprint density at radius 2 is 1.94 bits per heavy atom. The summed E-state index contributed by atoms with van der Waals surface area (Å²) in [6.07, 6.45) is 2.95. The summed E-state index contributed by atoms with van der Waals surface area (Å²) in [7, 11) is 0. The third-order valence-electron chi connectivity index (χ3n) is 3.15. The van der Waals surface area contributed by atoms with Crippen LogP contribution in [0.4, 0.5) is 0 Å². The molecule has 2 nitrogen and oxygen atoms in total. The van der Waals surface area contributed by atoms with Crippen LogP contribution in [0.3, 0.4) is 0 Å². The number of carbonyl (C=O) groups excluding carboxylic acids is 1. The normalized spacial score (nSPS) is 14.8. The van der Waals surface area contributed by atoms with Gasteiger partial charge in [0.1, 0.15) is 0 Å². The van der Waals surface area contributed by atoms with Gasteiger partial charge in [0.2, 0.25) is 5.91 Å². The fourth-order valence-corrected chi connectivity index (χ4v) is 3.58. The molecule has 3 heteroatoms. The van der Waals surface area contributed by atoms with Crippen molar-refractivity contribution in [2.75, 3.05) is 5.75 Å². The summed E-state index contributed by atoms with van der Waals surface area (Å²) in [6.45, 7) is 4.00. The summed E-state index contributed by atoms with van der Waals surface area (Å²) in [5.74, 6) is 1.10. The SMILES string of the molecule is CC(C)NC(=O)CCSC1Cc2ccccc2C1. The average molecular weight is 263 g/mol. The van der Waals surface area contributed by atoms with Crippen molar-refractivity contribution in [3.05, 3.63) is 35.4 Å². The van der Waals surface area contributed by atoms with E-state index in [1.54, 1.807) is 0 Å². The fourth-order valence-electron chi connectivity index (χ4n) is 2.35. The van der Waals surface area contributed by atoms with Crippen molar-refractivity contribution < 1.29 is 4.79 Å². The van der Waals surface area contributed by atoms with Gasteiger partial charge in [0.05, 0.1) is 0 Å². The molecule has 0 bridgehead atoms. The second-order valence-electron chi connectivity index (χ2n) is 5.14. The maximum absolute atomic E-state index is 11.5. The summed E-state index contributed by atoms with van der Waals surface area (Å²) in [4.78, 5) is 11.5. The van der Waals surface area contributed by atoms with E-state index in [2.05, 4.69) is 29.6 Å². The molecule has 2 rings (SSSR count). The Hall–Kier alpha value is -0.960. The Morgan fingerprint density at radius 1 is 1.33 bits per heavy atom. The van der Waals surface area contributed by atoms with Gasteiger partial charge in [0.15, 0.2) is 0 Å². The average Bonchev–Trinajstić information content (AvgIpc) is 2.70. The number of benzene rings is 1. The minimum atomic E-state index is 0.174. The van der Waals surface area contributed by atoms with Gasteiger partial charge < -0.3 is 5.32 Å². The summed E-state index contributed by atoms with van der Waals surface area (Å²) in [5, 5.41) is 3.59. The van der Waals surface area contributed by atoms with Gasteiger partial charge >= 0.3 is 0 Å². The lowest BCUT2D eigenvalue weighted by Gasteiger charge is -2.10. The smallest absolute Gasteiger partial charge is 0.221 e. The fraction of sp³-hybridized carbons (Fsp3) is 0.533. The Kier molecular flexibility index (Phi) is 4.70. The third kappa shape index (κ3) is 3.77. The van der Waals surface area contributed by atoms with Crippen LogP contribution in [-0.4, -0.2) is 23.0 Å². The number of carbonyl (C=O) groups is 1. The van der Waals surface area contributed by atoms with Gasteiger partial charge in [-0.3, -0.25) is 4.79 Å². The van der Waals surface area contributed by atoms with E-state index in [1.165, 1.54) is 11.1 Å². The first-order valence-electron chi connectivity index (χ1n) is 6.63. The number of fused-ring (bicyclic) bond motifs is 1. The molecular formula is C15H21NOS. The van der Waals surface area contributed by atoms with Gasteiger partial charge in [-0.25, -0.2) is 0 Å². The molecule has 1 aromatic rings. The van der Waals surface area contributed by atoms with Crippen LogP contribution in [0.25, 0.3) is 0 Å². The molecule has 1 aliphatic rings. The molecule has 1 aliphatic carbocycles. The Balaban J connectivity index is 1.69. The lowest BCUT2D eigenvalue weighted by atomic mass is 10.1. The second kappa shape index (κ2) is 6.28. The first-order valence-corrected chi connectivity index (χ1v) is 7.68. The molecule has 98 valence electrons. The van der Waals surface area contributed by atoms with Crippen molar-refractivity contribution in [3.63, 3.8) is 0 Å². The Bertz CT molecular complexity index is 392. The molecule has 0 radical (unpaired) electrons. The lowest BCUT2D eigenvalue weighted by Crippen LogP contribution is -2.30. The van der Waals surface area contributed by atoms with Crippen molar-refractivity contribution in [2.45, 2.75) is 44.4 Å². The summed E-state index contributed by atoms with van der Waals surface area (Å²) >= 11 is 1.94. The number of hydrogen-bond donors (Lipinski definition) is 1. The van der Waals surface area contributed by atoms with Crippen LogP contribution >= 0.6 is 11.8 Å². The largest absolute Gasteiger partial charge is 0.354 e. The quantitative estimate of drug-likeness (QED) is 0.885. The van der Waals surface area contributed by atoms with E-state index in [0.29, 0.717) is 11.7 Å². The molecule has 0 atom stereocenters. The third-order valence-corrected chi connectivity index (χ3v) is 4.39. The van der Waals surface area contributed by atoms with Gasteiger partial charge in [0, 0.05) is 23.5 Å². The molecule has 0 aliphatic heterocycles. The first kappa shape index (κ1) is 13.5. The molecule has 0 spiro atoms. The van der Waals surface area contributed by atoms with Crippen LogP contribution in [0, 0.1) is 0 Å². The highest BCUT2D eigenvalue weighted by Gasteiger charge is 2.21. The van der Waals surface area contributed by atoms with E-state index in [9.17, 15) is 4.79 Å². The highest BCUT2D eigenvalue weighted by atomic mass is 32.2. The number of hydrogen-bond acceptors (Lipinski definition) is 2. The van der Waals surface area contributed by atoms with Gasteiger partial charge in [-0.1, -0.05) is 24.3 Å². The van der Waals surface area contributed by atoms with Crippen molar-refractivity contribution in [1.29, 1.82) is 0 Å². The molecular weight excluding hydrogens is 242 g/mol. The lowest BCUT2D eigenvalue weighted by molar-refractivity contribution is -0.121. The highest BCUT2D eigenvalue weighted by Crippen LogP contribution is 2.30. The Labute approximate surface area is 114 Å². The maximum Gasteiger partial charge on any atom is 0.221 e. The van der Waals surface area contributed by atoms with Crippen molar-refractivity contribution in [1.82, 2.24) is 5.32 Å². The van der Waals surface area contributed by atoms with E-state index < -0.39 is 0 Å². The minimum Gasteiger partial charge on any atom is -0.354 e. The number of rotatable bonds is 5. The predicted octanol–water partition coefficient (Wildman–Crippen LogP) is 2.80. The maximum atomic E-state index is 11.5. The van der Waals surface area contributed by atoms with E-state index in [0.717, 1.165) is 18.6 Å². The van der Waals surface area contributed by atoms with Gasteiger partial charge in [-0.2, -0.15) is 11.8 Å². The van der Waals surface area contributed by atoms with Crippen LogP contribution in [0.5, 0.6) is 0 Å². The summed E-state index contributed by atoms with van der Waals surface area (Å²) in [6, 6.07) is 8.92. The van der Waals surface area contributed by atoms with Crippen LogP contribution in [0.1, 0.15) is 31.4 Å². The molecule has 1 N–H and O–H groups in total. The zero-order valence-electron chi connectivity index (χ0n) is 11.1. The molecule has 0 fully saturated rings. The zero-order valence-corrected chi connectivity index (χ0v) is 11.9. The molecule has 1 amide bonds. The van der Waals surface area contributed by atoms with Crippen LogP contribution in [0.15, 0.2) is 24.3 Å². The van der Waals surface area contributed by atoms with Crippen LogP contribution in [-0.2, 0) is 17.6 Å². The van der Waals surface area contributed by atoms with Gasteiger partial charge in [0.25, 0.3) is 0 Å². The minimum absolute atomic E-state index is 0.174. The predicted molar refractivity (Wildman–Crippen MR) is 78.0 cm³/mol. The van der Waals surface area contributed by atoms with Gasteiger partial charge in [-0.15, -0.1) is 0 Å². The number of amides is 1. The summed E-state index contributed by atoms with van der Waals surface area (Å²) in [5.41, 5.74) is 2.98. The summed E-state index contributed by atoms with van der Waals surface area (Å²) < 4.78 is 0. The first-order chi connectivity index (χ1) is 8.65. The molecule has 0 unspecified atom stereocenters.